The predicted octanol–water partition coefficient (Wildman–Crippen LogP) is 4.39. The standard InChI is InChI=1S/C31H32O10/c1-31(2,21-7-11-25(12-8-21)38-17-23(32)19-40-29(34)27-5-3-15-36-27)22-9-13-26(14-10-22)39-18-24(33)20-41-30(35)28-6-4-16-37-28/h3-16,23-24,32-33H,17-20H2,1-2H3. The van der Waals surface area contributed by atoms with Crippen molar-refractivity contribution in [1.82, 2.24) is 0 Å². The van der Waals surface area contributed by atoms with E-state index in [-0.39, 0.29) is 43.4 Å². The van der Waals surface area contributed by atoms with Crippen molar-refractivity contribution in [2.45, 2.75) is 31.5 Å². The summed E-state index contributed by atoms with van der Waals surface area (Å²) in [5.74, 6) is -0.0291. The second kappa shape index (κ2) is 13.7. The van der Waals surface area contributed by atoms with Crippen molar-refractivity contribution in [2.75, 3.05) is 26.4 Å². The Labute approximate surface area is 237 Å². The fraction of sp³-hybridized carbons (Fsp3) is 0.290. The van der Waals surface area contributed by atoms with Crippen LogP contribution in [-0.4, -0.2) is 60.8 Å². The number of hydrogen-bond acceptors (Lipinski definition) is 10. The molecule has 0 aliphatic heterocycles. The molecule has 0 amide bonds. The lowest BCUT2D eigenvalue weighted by atomic mass is 9.78. The average molecular weight is 565 g/mol. The lowest BCUT2D eigenvalue weighted by Crippen LogP contribution is -2.25. The van der Waals surface area contributed by atoms with Gasteiger partial charge in [-0.15, -0.1) is 0 Å². The van der Waals surface area contributed by atoms with Crippen LogP contribution in [0.5, 0.6) is 11.5 Å². The first-order valence-electron chi connectivity index (χ1n) is 13.0. The van der Waals surface area contributed by atoms with Crippen LogP contribution in [0.2, 0.25) is 0 Å². The van der Waals surface area contributed by atoms with Crippen LogP contribution in [-0.2, 0) is 14.9 Å². The van der Waals surface area contributed by atoms with E-state index in [0.717, 1.165) is 11.1 Å². The molecular formula is C31H32O10. The van der Waals surface area contributed by atoms with Crippen LogP contribution < -0.4 is 9.47 Å². The van der Waals surface area contributed by atoms with Gasteiger partial charge in [-0.1, -0.05) is 38.1 Å². The Bertz CT molecular complexity index is 1250. The summed E-state index contributed by atoms with van der Waals surface area (Å²) in [4.78, 5) is 23.6. The van der Waals surface area contributed by atoms with Gasteiger partial charge in [0.05, 0.1) is 12.5 Å². The van der Waals surface area contributed by atoms with Crippen molar-refractivity contribution in [3.8, 4) is 11.5 Å². The number of carbonyl (C=O) groups is 2. The van der Waals surface area contributed by atoms with Crippen molar-refractivity contribution in [3.05, 3.63) is 108 Å². The molecule has 216 valence electrons. The smallest absolute Gasteiger partial charge is 0.374 e. The molecule has 0 bridgehead atoms. The zero-order valence-electron chi connectivity index (χ0n) is 22.7. The molecule has 10 nitrogen and oxygen atoms in total. The highest BCUT2D eigenvalue weighted by Gasteiger charge is 2.23. The monoisotopic (exact) mass is 564 g/mol. The number of furan rings is 2. The molecule has 0 fully saturated rings. The first-order valence-corrected chi connectivity index (χ1v) is 13.0. The van der Waals surface area contributed by atoms with Crippen LogP contribution in [0.1, 0.15) is 46.1 Å². The van der Waals surface area contributed by atoms with Gasteiger partial charge in [0.1, 0.15) is 50.1 Å². The summed E-state index contributed by atoms with van der Waals surface area (Å²) in [6.07, 6.45) is 0.743. The highest BCUT2D eigenvalue weighted by molar-refractivity contribution is 5.86. The summed E-state index contributed by atoms with van der Waals surface area (Å²) < 4.78 is 31.2. The fourth-order valence-electron chi connectivity index (χ4n) is 3.86. The average Bonchev–Trinajstić information content (AvgIpc) is 3.72. The number of aliphatic hydroxyl groups excluding tert-OH is 2. The predicted molar refractivity (Wildman–Crippen MR) is 146 cm³/mol. The van der Waals surface area contributed by atoms with Gasteiger partial charge in [0, 0.05) is 5.41 Å². The van der Waals surface area contributed by atoms with E-state index < -0.39 is 24.1 Å². The molecule has 2 aromatic carbocycles. The second-order valence-electron chi connectivity index (χ2n) is 9.75. The van der Waals surface area contributed by atoms with E-state index in [4.69, 9.17) is 27.8 Å². The van der Waals surface area contributed by atoms with Crippen LogP contribution in [0.4, 0.5) is 0 Å². The summed E-state index contributed by atoms with van der Waals surface area (Å²) in [6, 6.07) is 21.2. The van der Waals surface area contributed by atoms with Crippen molar-refractivity contribution in [1.29, 1.82) is 0 Å². The minimum atomic E-state index is -0.997. The minimum Gasteiger partial charge on any atom is -0.491 e. The molecule has 4 aromatic rings. The highest BCUT2D eigenvalue weighted by atomic mass is 16.6. The van der Waals surface area contributed by atoms with Gasteiger partial charge in [0.25, 0.3) is 0 Å². The summed E-state index contributed by atoms with van der Waals surface area (Å²) in [7, 11) is 0. The van der Waals surface area contributed by atoms with Gasteiger partial charge < -0.3 is 38.0 Å². The maximum absolute atomic E-state index is 11.8. The topological polar surface area (TPSA) is 138 Å². The Balaban J connectivity index is 1.22. The minimum absolute atomic E-state index is 0.0449. The zero-order chi connectivity index (χ0) is 29.2. The quantitative estimate of drug-likeness (QED) is 0.212. The number of hydrogen-bond donors (Lipinski definition) is 2. The van der Waals surface area contributed by atoms with Gasteiger partial charge in [0.15, 0.2) is 0 Å². The molecule has 0 saturated heterocycles. The van der Waals surface area contributed by atoms with Gasteiger partial charge in [0.2, 0.25) is 11.5 Å². The molecule has 2 aromatic heterocycles. The van der Waals surface area contributed by atoms with E-state index >= 15 is 0 Å². The van der Waals surface area contributed by atoms with Crippen LogP contribution >= 0.6 is 0 Å². The Hall–Kier alpha value is -4.54. The number of esters is 2. The number of rotatable bonds is 14. The van der Waals surface area contributed by atoms with Crippen molar-refractivity contribution in [2.24, 2.45) is 0 Å². The number of ether oxygens (including phenoxy) is 4. The van der Waals surface area contributed by atoms with Crippen LogP contribution in [0, 0.1) is 0 Å². The summed E-state index contributed by atoms with van der Waals surface area (Å²) >= 11 is 0. The third kappa shape index (κ3) is 8.23. The Morgan fingerprint density at radius 2 is 1.05 bits per heavy atom. The molecule has 0 spiro atoms. The van der Waals surface area contributed by atoms with Crippen molar-refractivity contribution in [3.63, 3.8) is 0 Å². The van der Waals surface area contributed by atoms with E-state index in [1.807, 2.05) is 48.5 Å². The SMILES string of the molecule is CC(C)(c1ccc(OCC(O)COC(=O)c2ccco2)cc1)c1ccc(OCC(O)COC(=O)c2ccco2)cc1. The molecule has 2 heterocycles. The van der Waals surface area contributed by atoms with E-state index in [2.05, 4.69) is 13.8 Å². The molecule has 41 heavy (non-hydrogen) atoms. The third-order valence-electron chi connectivity index (χ3n) is 6.30. The number of benzene rings is 2. The highest BCUT2D eigenvalue weighted by Crippen LogP contribution is 2.33. The zero-order valence-corrected chi connectivity index (χ0v) is 22.7. The molecule has 10 heteroatoms. The summed E-state index contributed by atoms with van der Waals surface area (Å²) in [5.41, 5.74) is 1.75. The van der Waals surface area contributed by atoms with Gasteiger partial charge in [-0.05, 0) is 59.7 Å². The fourth-order valence-corrected chi connectivity index (χ4v) is 3.86. The lowest BCUT2D eigenvalue weighted by molar-refractivity contribution is 0.0103. The Morgan fingerprint density at radius 3 is 1.39 bits per heavy atom. The number of aliphatic hydroxyl groups is 2. The second-order valence-corrected chi connectivity index (χ2v) is 9.75. The number of carbonyl (C=O) groups excluding carboxylic acids is 2. The normalized spacial score (nSPS) is 12.8. The molecule has 4 rings (SSSR count). The summed E-state index contributed by atoms with van der Waals surface area (Å²) in [5, 5.41) is 20.2. The third-order valence-corrected chi connectivity index (χ3v) is 6.30. The van der Waals surface area contributed by atoms with Gasteiger partial charge in [-0.25, -0.2) is 9.59 Å². The molecule has 2 unspecified atom stereocenters. The molecule has 2 N–H and O–H groups in total. The van der Waals surface area contributed by atoms with E-state index in [9.17, 15) is 19.8 Å². The first-order chi connectivity index (χ1) is 19.7. The molecule has 0 aliphatic carbocycles. The maximum atomic E-state index is 11.8. The van der Waals surface area contributed by atoms with Crippen LogP contribution in [0.3, 0.4) is 0 Å². The molecular weight excluding hydrogens is 532 g/mol. The van der Waals surface area contributed by atoms with Crippen molar-refractivity contribution >= 4 is 11.9 Å². The molecule has 0 saturated carbocycles. The van der Waals surface area contributed by atoms with Crippen LogP contribution in [0.15, 0.2) is 94.2 Å². The molecule has 2 atom stereocenters. The molecule has 0 radical (unpaired) electrons. The van der Waals surface area contributed by atoms with Crippen molar-refractivity contribution < 1.29 is 47.6 Å². The lowest BCUT2D eigenvalue weighted by Gasteiger charge is -2.26. The first kappa shape index (κ1) is 29.4. The van der Waals surface area contributed by atoms with Gasteiger partial charge in [-0.2, -0.15) is 0 Å². The van der Waals surface area contributed by atoms with E-state index in [1.54, 1.807) is 12.1 Å². The Kier molecular flexibility index (Phi) is 9.83. The summed E-state index contributed by atoms with van der Waals surface area (Å²) in [6.45, 7) is 3.65. The van der Waals surface area contributed by atoms with E-state index in [1.165, 1.54) is 24.7 Å². The molecule has 0 aliphatic rings. The largest absolute Gasteiger partial charge is 0.491 e. The van der Waals surface area contributed by atoms with Gasteiger partial charge >= 0.3 is 11.9 Å². The maximum Gasteiger partial charge on any atom is 0.374 e. The van der Waals surface area contributed by atoms with Gasteiger partial charge in [-0.3, -0.25) is 0 Å². The Morgan fingerprint density at radius 1 is 0.659 bits per heavy atom. The van der Waals surface area contributed by atoms with E-state index in [0.29, 0.717) is 11.5 Å². The van der Waals surface area contributed by atoms with Crippen LogP contribution in [0.25, 0.3) is 0 Å².